The Hall–Kier alpha value is -2.88. The monoisotopic (exact) mass is 365 g/mol. The molecule has 2 fully saturated rings. The molecule has 0 spiro atoms. The van der Waals surface area contributed by atoms with Crippen molar-refractivity contribution in [1.82, 2.24) is 15.4 Å². The molecule has 4 rings (SSSR count). The Bertz CT molecular complexity index is 825. The van der Waals surface area contributed by atoms with Gasteiger partial charge in [0.2, 0.25) is 5.95 Å². The van der Waals surface area contributed by atoms with Crippen LogP contribution in [-0.4, -0.2) is 46.3 Å². The zero-order chi connectivity index (χ0) is 18.5. The molecular formula is C16H14F3N5O2. The number of hydrogen-bond donors (Lipinski definition) is 2. The van der Waals surface area contributed by atoms with Crippen LogP contribution in [0.2, 0.25) is 0 Å². The summed E-state index contributed by atoms with van der Waals surface area (Å²) in [5, 5.41) is 8.58. The molecule has 1 aromatic carbocycles. The predicted octanol–water partition coefficient (Wildman–Crippen LogP) is 1.69. The van der Waals surface area contributed by atoms with Gasteiger partial charge in [0.1, 0.15) is 0 Å². The van der Waals surface area contributed by atoms with E-state index in [-0.39, 0.29) is 17.6 Å². The number of nitrogens with zero attached hydrogens (tertiary/aromatic N) is 4. The standard InChI is InChI=1S/C16H14F3N5O2/c17-16(18,19)10-1-3-11(4-2-10)23-7-13-12(23)8-24(13)15-20-5-9(6-21-15)14(25)22-26/h1-6,12-13,26H,7-8H2,(H,22,25)/t12?,13-/m1/s1. The molecule has 26 heavy (non-hydrogen) atoms. The van der Waals surface area contributed by atoms with Gasteiger partial charge in [0.25, 0.3) is 5.91 Å². The quantitative estimate of drug-likeness (QED) is 0.636. The maximum absolute atomic E-state index is 12.6. The highest BCUT2D eigenvalue weighted by Gasteiger charge is 2.52. The third-order valence-electron chi connectivity index (χ3n) is 4.80. The molecule has 1 amide bonds. The summed E-state index contributed by atoms with van der Waals surface area (Å²) in [5.74, 6) is -0.206. The molecule has 0 aliphatic carbocycles. The number of anilines is 2. The molecule has 2 atom stereocenters. The number of amides is 1. The second kappa shape index (κ2) is 5.84. The number of rotatable bonds is 3. The van der Waals surface area contributed by atoms with E-state index >= 15 is 0 Å². The fraction of sp³-hybridized carbons (Fsp3) is 0.312. The van der Waals surface area contributed by atoms with E-state index in [4.69, 9.17) is 5.21 Å². The van der Waals surface area contributed by atoms with Crippen LogP contribution >= 0.6 is 0 Å². The number of alkyl halides is 3. The fourth-order valence-corrected chi connectivity index (χ4v) is 3.27. The molecule has 2 saturated heterocycles. The SMILES string of the molecule is O=C(NO)c1cnc(N2CC3[C@H]2CN3c2ccc(C(F)(F)F)cc2)nc1. The largest absolute Gasteiger partial charge is 0.416 e. The Morgan fingerprint density at radius 3 is 2.15 bits per heavy atom. The van der Waals surface area contributed by atoms with E-state index in [0.717, 1.165) is 17.8 Å². The normalized spacial score (nSPS) is 21.5. The lowest BCUT2D eigenvalue weighted by molar-refractivity contribution is -0.137. The second-order valence-electron chi connectivity index (χ2n) is 6.20. The van der Waals surface area contributed by atoms with E-state index in [1.54, 1.807) is 0 Å². The van der Waals surface area contributed by atoms with E-state index in [0.29, 0.717) is 19.0 Å². The minimum Gasteiger partial charge on any atom is -0.362 e. The van der Waals surface area contributed by atoms with Crippen molar-refractivity contribution in [3.05, 3.63) is 47.8 Å². The van der Waals surface area contributed by atoms with Crippen molar-refractivity contribution >= 4 is 17.5 Å². The molecule has 0 saturated carbocycles. The number of carbonyl (C=O) groups excluding carboxylic acids is 1. The van der Waals surface area contributed by atoms with Gasteiger partial charge in [-0.1, -0.05) is 0 Å². The summed E-state index contributed by atoms with van der Waals surface area (Å²) in [6, 6.07) is 5.55. The minimum atomic E-state index is -4.33. The molecule has 2 aliphatic rings. The Kier molecular flexibility index (Phi) is 3.72. The van der Waals surface area contributed by atoms with Gasteiger partial charge in [0.05, 0.1) is 23.2 Å². The topological polar surface area (TPSA) is 81.6 Å². The van der Waals surface area contributed by atoms with Crippen LogP contribution in [0.25, 0.3) is 0 Å². The highest BCUT2D eigenvalue weighted by atomic mass is 19.4. The number of fused-ring (bicyclic) bond motifs is 1. The number of piperazine rings is 1. The van der Waals surface area contributed by atoms with Crippen molar-refractivity contribution in [2.45, 2.75) is 18.3 Å². The van der Waals surface area contributed by atoms with Crippen LogP contribution in [0.1, 0.15) is 15.9 Å². The van der Waals surface area contributed by atoms with Gasteiger partial charge in [0, 0.05) is 31.2 Å². The minimum absolute atomic E-state index is 0.147. The van der Waals surface area contributed by atoms with Crippen LogP contribution in [0.4, 0.5) is 24.8 Å². The van der Waals surface area contributed by atoms with Gasteiger partial charge < -0.3 is 9.80 Å². The molecule has 136 valence electrons. The van der Waals surface area contributed by atoms with Crippen molar-refractivity contribution in [2.24, 2.45) is 0 Å². The zero-order valence-corrected chi connectivity index (χ0v) is 13.3. The van der Waals surface area contributed by atoms with Crippen LogP contribution in [0.15, 0.2) is 36.7 Å². The molecule has 0 radical (unpaired) electrons. The van der Waals surface area contributed by atoms with E-state index in [1.165, 1.54) is 30.0 Å². The highest BCUT2D eigenvalue weighted by molar-refractivity contribution is 5.92. The maximum atomic E-state index is 12.6. The summed E-state index contributed by atoms with van der Waals surface area (Å²) in [5.41, 5.74) is 1.76. The highest BCUT2D eigenvalue weighted by Crippen LogP contribution is 2.39. The number of carbonyl (C=O) groups is 1. The van der Waals surface area contributed by atoms with E-state index in [9.17, 15) is 18.0 Å². The summed E-state index contributed by atoms with van der Waals surface area (Å²) in [6.45, 7) is 1.31. The molecule has 3 heterocycles. The van der Waals surface area contributed by atoms with E-state index < -0.39 is 17.6 Å². The van der Waals surface area contributed by atoms with Crippen molar-refractivity contribution < 1.29 is 23.2 Å². The molecule has 1 aromatic heterocycles. The Labute approximate surface area is 146 Å². The van der Waals surface area contributed by atoms with Gasteiger partial charge >= 0.3 is 6.18 Å². The van der Waals surface area contributed by atoms with Crippen molar-refractivity contribution in [3.8, 4) is 0 Å². The third kappa shape index (κ3) is 2.62. The molecule has 2 aromatic rings. The average Bonchev–Trinajstić information content (AvgIpc) is 2.62. The second-order valence-corrected chi connectivity index (χ2v) is 6.20. The first-order valence-corrected chi connectivity index (χ1v) is 7.85. The maximum Gasteiger partial charge on any atom is 0.416 e. The van der Waals surface area contributed by atoms with Gasteiger partial charge in [-0.25, -0.2) is 15.4 Å². The van der Waals surface area contributed by atoms with Gasteiger partial charge in [-0.3, -0.25) is 10.0 Å². The molecule has 7 nitrogen and oxygen atoms in total. The Morgan fingerprint density at radius 1 is 1.08 bits per heavy atom. The number of halogens is 3. The molecule has 10 heteroatoms. The first-order valence-electron chi connectivity index (χ1n) is 7.85. The zero-order valence-electron chi connectivity index (χ0n) is 13.3. The average molecular weight is 365 g/mol. The molecule has 2 aliphatic heterocycles. The van der Waals surface area contributed by atoms with Crippen LogP contribution < -0.4 is 15.3 Å². The number of aromatic nitrogens is 2. The lowest BCUT2D eigenvalue weighted by Gasteiger charge is -2.62. The predicted molar refractivity (Wildman–Crippen MR) is 85.0 cm³/mol. The molecule has 1 unspecified atom stereocenters. The molecule has 2 N–H and O–H groups in total. The summed E-state index contributed by atoms with van der Waals surface area (Å²) in [7, 11) is 0. The lowest BCUT2D eigenvalue weighted by Crippen LogP contribution is -2.79. The summed E-state index contributed by atoms with van der Waals surface area (Å²) < 4.78 is 37.9. The first kappa shape index (κ1) is 16.6. The van der Waals surface area contributed by atoms with Gasteiger partial charge in [-0.05, 0) is 24.3 Å². The lowest BCUT2D eigenvalue weighted by atomic mass is 9.85. The van der Waals surface area contributed by atoms with E-state index in [2.05, 4.69) is 14.9 Å². The smallest absolute Gasteiger partial charge is 0.362 e. The van der Waals surface area contributed by atoms with Crippen molar-refractivity contribution in [2.75, 3.05) is 22.9 Å². The third-order valence-corrected chi connectivity index (χ3v) is 4.80. The van der Waals surface area contributed by atoms with Crippen LogP contribution in [0.3, 0.4) is 0 Å². The summed E-state index contributed by atoms with van der Waals surface area (Å²) >= 11 is 0. The van der Waals surface area contributed by atoms with Crippen LogP contribution in [-0.2, 0) is 6.18 Å². The van der Waals surface area contributed by atoms with Gasteiger partial charge in [-0.2, -0.15) is 13.2 Å². The first-order chi connectivity index (χ1) is 12.4. The van der Waals surface area contributed by atoms with Gasteiger partial charge in [-0.15, -0.1) is 0 Å². The fourth-order valence-electron chi connectivity index (χ4n) is 3.27. The molecule has 0 bridgehead atoms. The number of hydroxylamine groups is 1. The summed E-state index contributed by atoms with van der Waals surface area (Å²) in [4.78, 5) is 23.5. The molecular weight excluding hydrogens is 351 g/mol. The number of nitrogens with one attached hydrogen (secondary N) is 1. The van der Waals surface area contributed by atoms with Crippen molar-refractivity contribution in [1.29, 1.82) is 0 Å². The van der Waals surface area contributed by atoms with Crippen molar-refractivity contribution in [3.63, 3.8) is 0 Å². The van der Waals surface area contributed by atoms with Gasteiger partial charge in [0.15, 0.2) is 0 Å². The van der Waals surface area contributed by atoms with Crippen LogP contribution in [0.5, 0.6) is 0 Å². The van der Waals surface area contributed by atoms with E-state index in [1.807, 2.05) is 4.90 Å². The number of hydrogen-bond acceptors (Lipinski definition) is 6. The summed E-state index contributed by atoms with van der Waals surface area (Å²) in [6.07, 6.45) is -1.68. The Balaban J connectivity index is 1.39. The Morgan fingerprint density at radius 2 is 1.65 bits per heavy atom. The number of benzene rings is 1. The van der Waals surface area contributed by atoms with Crippen LogP contribution in [0, 0.1) is 0 Å².